The van der Waals surface area contributed by atoms with E-state index in [0.29, 0.717) is 0 Å². The molecule has 0 aromatic carbocycles. The van der Waals surface area contributed by atoms with E-state index in [0.717, 1.165) is 0 Å². The Morgan fingerprint density at radius 1 is 1.50 bits per heavy atom. The second kappa shape index (κ2) is 2.53. The van der Waals surface area contributed by atoms with Crippen LogP contribution in [0.25, 0.3) is 0 Å². The molecule has 1 N–H and O–H groups in total. The van der Waals surface area contributed by atoms with Crippen LogP contribution in [0.15, 0.2) is 4.36 Å². The Morgan fingerprint density at radius 3 is 2.17 bits per heavy atom. The molecule has 0 spiro atoms. The Hall–Kier alpha value is -0.420. The van der Waals surface area contributed by atoms with Crippen molar-refractivity contribution in [2.75, 3.05) is 0 Å². The average molecular weight is 190 g/mol. The van der Waals surface area contributed by atoms with Gasteiger partial charge in [0.2, 0.25) is 0 Å². The molecule has 0 aromatic heterocycles. The summed E-state index contributed by atoms with van der Waals surface area (Å²) in [4.78, 5) is 11.0. The molecule has 1 unspecified atom stereocenters. The number of carbonyl (C=O) groups is 1. The molecule has 1 rings (SSSR count). The summed E-state index contributed by atoms with van der Waals surface area (Å²) in [5, 5.41) is 0. The number of hydrogen-bond acceptors (Lipinski definition) is 2. The van der Waals surface area contributed by atoms with E-state index in [2.05, 4.69) is 9.08 Å². The van der Waals surface area contributed by atoms with E-state index in [-0.39, 0.29) is 5.91 Å². The Morgan fingerprint density at radius 2 is 2.00 bits per heavy atom. The number of hydrogen-bond donors (Lipinski definition) is 1. The van der Waals surface area contributed by atoms with Crippen molar-refractivity contribution < 1.29 is 9.00 Å². The second-order valence-electron chi connectivity index (χ2n) is 3.91. The third kappa shape index (κ3) is 1.38. The zero-order valence-electron chi connectivity index (χ0n) is 7.75. The first-order valence-corrected chi connectivity index (χ1v) is 5.35. The van der Waals surface area contributed by atoms with Crippen molar-refractivity contribution in [3.63, 3.8) is 0 Å². The minimum absolute atomic E-state index is 0.310. The summed E-state index contributed by atoms with van der Waals surface area (Å²) in [6, 6.07) is -0.406. The third-order valence-electron chi connectivity index (χ3n) is 1.76. The van der Waals surface area contributed by atoms with Gasteiger partial charge >= 0.3 is 0 Å². The predicted octanol–water partition coefficient (Wildman–Crippen LogP) is 0.686. The summed E-state index contributed by atoms with van der Waals surface area (Å²) in [7, 11) is -2.54. The summed E-state index contributed by atoms with van der Waals surface area (Å²) >= 11 is 0. The number of nitrogens with zero attached hydrogens (tertiary/aromatic N) is 1. The molecular formula is C7H14N2O2S. The van der Waals surface area contributed by atoms with Gasteiger partial charge in [-0.2, -0.15) is 0 Å². The van der Waals surface area contributed by atoms with Crippen LogP contribution in [0, 0.1) is 0 Å². The lowest BCUT2D eigenvalue weighted by Crippen LogP contribution is -2.39. The van der Waals surface area contributed by atoms with Gasteiger partial charge in [-0.3, -0.25) is 4.79 Å². The van der Waals surface area contributed by atoms with Crippen LogP contribution in [-0.2, 0) is 14.7 Å². The second-order valence-corrected chi connectivity index (χ2v) is 6.60. The van der Waals surface area contributed by atoms with E-state index >= 15 is 0 Å². The van der Waals surface area contributed by atoms with Crippen LogP contribution in [0.2, 0.25) is 0 Å². The van der Waals surface area contributed by atoms with Gasteiger partial charge in [0.25, 0.3) is 5.91 Å². The SMILES string of the molecule is C[C@@H]1NS(=O)(C(C)(C)C)=NC1=O. The fraction of sp³-hybridized carbons (Fsp3) is 0.857. The Kier molecular flexibility index (Phi) is 2.04. The minimum Gasteiger partial charge on any atom is -0.270 e. The van der Waals surface area contributed by atoms with Gasteiger partial charge in [0.15, 0.2) is 0 Å². The average Bonchev–Trinajstić information content (AvgIpc) is 2.06. The molecule has 1 aliphatic rings. The van der Waals surface area contributed by atoms with Gasteiger partial charge < -0.3 is 0 Å². The maximum atomic E-state index is 11.9. The molecule has 70 valence electrons. The van der Waals surface area contributed by atoms with E-state index in [9.17, 15) is 9.00 Å². The fourth-order valence-corrected chi connectivity index (χ4v) is 2.51. The van der Waals surface area contributed by atoms with Crippen LogP contribution in [0.5, 0.6) is 0 Å². The summed E-state index contributed by atoms with van der Waals surface area (Å²) in [6.07, 6.45) is 0. The highest BCUT2D eigenvalue weighted by Gasteiger charge is 2.36. The van der Waals surface area contributed by atoms with Crippen molar-refractivity contribution in [3.8, 4) is 0 Å². The lowest BCUT2D eigenvalue weighted by molar-refractivity contribution is -0.118. The molecule has 2 atom stereocenters. The van der Waals surface area contributed by atoms with Crippen LogP contribution < -0.4 is 4.72 Å². The van der Waals surface area contributed by atoms with Gasteiger partial charge in [0.05, 0.1) is 10.8 Å². The highest BCUT2D eigenvalue weighted by Crippen LogP contribution is 2.21. The summed E-state index contributed by atoms with van der Waals surface area (Å²) < 4.78 is 17.8. The van der Waals surface area contributed by atoms with Gasteiger partial charge in [-0.1, -0.05) is 0 Å². The van der Waals surface area contributed by atoms with E-state index in [1.165, 1.54) is 0 Å². The van der Waals surface area contributed by atoms with Gasteiger partial charge in [-0.15, -0.1) is 4.36 Å². The maximum absolute atomic E-state index is 11.9. The van der Waals surface area contributed by atoms with Crippen molar-refractivity contribution in [1.29, 1.82) is 0 Å². The fourth-order valence-electron chi connectivity index (χ4n) is 0.836. The van der Waals surface area contributed by atoms with Gasteiger partial charge in [-0.05, 0) is 27.7 Å². The number of amides is 1. The zero-order chi connectivity index (χ0) is 9.57. The predicted molar refractivity (Wildman–Crippen MR) is 47.9 cm³/mol. The highest BCUT2D eigenvalue weighted by molar-refractivity contribution is 7.93. The van der Waals surface area contributed by atoms with E-state index in [1.54, 1.807) is 27.7 Å². The molecular weight excluding hydrogens is 176 g/mol. The largest absolute Gasteiger partial charge is 0.272 e. The van der Waals surface area contributed by atoms with Crippen molar-refractivity contribution in [2.24, 2.45) is 4.36 Å². The summed E-state index contributed by atoms with van der Waals surface area (Å²) in [6.45, 7) is 7.08. The first kappa shape index (κ1) is 9.67. The Bertz CT molecular complexity index is 321. The molecule has 1 aliphatic heterocycles. The highest BCUT2D eigenvalue weighted by atomic mass is 32.2. The standard InChI is InChI=1S/C7H14N2O2S/c1-5-6(10)9-12(11,8-5)7(2,3)4/h5H,1-4H3,(H,8,9,10,11)/t5-,12?/m0/s1. The van der Waals surface area contributed by atoms with E-state index in [4.69, 9.17) is 0 Å². The molecule has 4 nitrogen and oxygen atoms in total. The quantitative estimate of drug-likeness (QED) is 0.611. The minimum atomic E-state index is -2.54. The van der Waals surface area contributed by atoms with Crippen LogP contribution in [-0.4, -0.2) is 20.9 Å². The first-order chi connectivity index (χ1) is 5.26. The van der Waals surface area contributed by atoms with Crippen LogP contribution >= 0.6 is 0 Å². The van der Waals surface area contributed by atoms with Gasteiger partial charge in [-0.25, -0.2) is 8.93 Å². The molecule has 0 bridgehead atoms. The van der Waals surface area contributed by atoms with Crippen molar-refractivity contribution >= 4 is 15.8 Å². The smallest absolute Gasteiger partial charge is 0.270 e. The van der Waals surface area contributed by atoms with E-state index in [1.807, 2.05) is 0 Å². The van der Waals surface area contributed by atoms with Crippen molar-refractivity contribution in [2.45, 2.75) is 38.5 Å². The van der Waals surface area contributed by atoms with Crippen molar-refractivity contribution in [3.05, 3.63) is 0 Å². The third-order valence-corrected chi connectivity index (χ3v) is 4.53. The normalized spacial score (nSPS) is 36.7. The molecule has 0 aromatic rings. The van der Waals surface area contributed by atoms with Crippen LogP contribution in [0.1, 0.15) is 27.7 Å². The van der Waals surface area contributed by atoms with E-state index < -0.39 is 20.7 Å². The summed E-state index contributed by atoms with van der Waals surface area (Å²) in [5.74, 6) is -0.310. The monoisotopic (exact) mass is 190 g/mol. The maximum Gasteiger partial charge on any atom is 0.272 e. The number of rotatable bonds is 0. The summed E-state index contributed by atoms with van der Waals surface area (Å²) in [5.41, 5.74) is 0. The molecule has 0 radical (unpaired) electrons. The zero-order valence-corrected chi connectivity index (χ0v) is 8.57. The molecule has 1 amide bonds. The van der Waals surface area contributed by atoms with Crippen molar-refractivity contribution in [1.82, 2.24) is 4.72 Å². The molecule has 0 fully saturated rings. The Balaban J connectivity index is 3.14. The topological polar surface area (TPSA) is 58.5 Å². The lowest BCUT2D eigenvalue weighted by Gasteiger charge is -2.21. The molecule has 5 heteroatoms. The van der Waals surface area contributed by atoms with Gasteiger partial charge in [0, 0.05) is 0 Å². The van der Waals surface area contributed by atoms with Crippen LogP contribution in [0.4, 0.5) is 0 Å². The number of carbonyl (C=O) groups excluding carboxylic acids is 1. The van der Waals surface area contributed by atoms with Gasteiger partial charge in [0.1, 0.15) is 9.92 Å². The molecule has 12 heavy (non-hydrogen) atoms. The number of nitrogens with one attached hydrogen (secondary N) is 1. The molecule has 0 aliphatic carbocycles. The molecule has 0 saturated heterocycles. The first-order valence-electron chi connectivity index (χ1n) is 3.84. The van der Waals surface area contributed by atoms with Crippen LogP contribution in [0.3, 0.4) is 0 Å². The lowest BCUT2D eigenvalue weighted by atomic mass is 10.3. The Labute approximate surface area is 73.0 Å². The molecule has 1 heterocycles. The molecule has 0 saturated carbocycles.